The molecular weight excluding hydrogens is 204 g/mol. The van der Waals surface area contributed by atoms with Gasteiger partial charge in [-0.2, -0.15) is 0 Å². The van der Waals surface area contributed by atoms with E-state index in [1.807, 2.05) is 0 Å². The lowest BCUT2D eigenvalue weighted by Gasteiger charge is -2.38. The highest BCUT2D eigenvalue weighted by Crippen LogP contribution is 2.37. The summed E-state index contributed by atoms with van der Waals surface area (Å²) in [6.45, 7) is 14.7. The van der Waals surface area contributed by atoms with Crippen LogP contribution in [0.25, 0.3) is 0 Å². The topological polar surface area (TPSA) is 21.8 Å². The molecule has 1 aliphatic heterocycles. The van der Waals surface area contributed by atoms with Crippen LogP contribution in [0.1, 0.15) is 40.5 Å². The molecule has 1 rings (SSSR count). The molecule has 0 amide bonds. The summed E-state index contributed by atoms with van der Waals surface area (Å²) in [6, 6.07) is 0. The lowest BCUT2D eigenvalue weighted by molar-refractivity contribution is 0.182. The summed E-state index contributed by atoms with van der Waals surface area (Å²) in [7, 11) is -1.56. The summed E-state index contributed by atoms with van der Waals surface area (Å²) in [5, 5.41) is 0.317. The molecule has 0 saturated carbocycles. The summed E-state index contributed by atoms with van der Waals surface area (Å²) in [4.78, 5) is 0. The maximum Gasteiger partial charge on any atom is 0.192 e. The molecule has 0 unspecified atom stereocenters. The quantitative estimate of drug-likeness (QED) is 0.532. The summed E-state index contributed by atoms with van der Waals surface area (Å²) in [5.41, 5.74) is 0. The first-order chi connectivity index (χ1) is 6.72. The van der Waals surface area contributed by atoms with Gasteiger partial charge < -0.3 is 9.16 Å². The predicted octanol–water partition coefficient (Wildman–Crippen LogP) is 3.58. The average Bonchev–Trinajstić information content (AvgIpc) is 2.80. The monoisotopic (exact) mass is 230 g/mol. The molecule has 2 nitrogen and oxygen atoms in total. The largest absolute Gasteiger partial charge is 0.414 e. The van der Waals surface area contributed by atoms with Crippen molar-refractivity contribution < 1.29 is 9.16 Å². The number of hydrogen-bond acceptors (Lipinski definition) is 2. The van der Waals surface area contributed by atoms with E-state index in [0.29, 0.717) is 17.2 Å². The normalized spacial score (nSPS) is 24.0. The fourth-order valence-electron chi connectivity index (χ4n) is 1.39. The minimum Gasteiger partial charge on any atom is -0.414 e. The van der Waals surface area contributed by atoms with E-state index < -0.39 is 8.32 Å². The van der Waals surface area contributed by atoms with Gasteiger partial charge in [0.1, 0.15) is 0 Å². The average molecular weight is 230 g/mol. The van der Waals surface area contributed by atoms with Crippen LogP contribution in [0.3, 0.4) is 0 Å². The molecule has 2 atom stereocenters. The van der Waals surface area contributed by atoms with E-state index in [2.05, 4.69) is 40.8 Å². The van der Waals surface area contributed by atoms with E-state index in [1.165, 1.54) is 0 Å². The summed E-state index contributed by atoms with van der Waals surface area (Å²) >= 11 is 0. The van der Waals surface area contributed by atoms with E-state index >= 15 is 0 Å². The van der Waals surface area contributed by atoms with Gasteiger partial charge in [-0.05, 0) is 37.9 Å². The van der Waals surface area contributed by atoms with Crippen molar-refractivity contribution in [1.82, 2.24) is 0 Å². The molecule has 15 heavy (non-hydrogen) atoms. The van der Waals surface area contributed by atoms with Crippen molar-refractivity contribution in [3.8, 4) is 0 Å². The smallest absolute Gasteiger partial charge is 0.192 e. The van der Waals surface area contributed by atoms with Crippen LogP contribution in [-0.2, 0) is 9.16 Å². The van der Waals surface area contributed by atoms with Gasteiger partial charge in [-0.3, -0.25) is 0 Å². The molecule has 0 aliphatic carbocycles. The zero-order valence-electron chi connectivity index (χ0n) is 11.1. The Hall–Kier alpha value is 0.137. The van der Waals surface area contributed by atoms with Gasteiger partial charge in [0.2, 0.25) is 0 Å². The highest BCUT2D eigenvalue weighted by molar-refractivity contribution is 6.74. The number of ether oxygens (including phenoxy) is 1. The van der Waals surface area contributed by atoms with Crippen LogP contribution >= 0.6 is 0 Å². The van der Waals surface area contributed by atoms with Gasteiger partial charge in [-0.25, -0.2) is 0 Å². The van der Waals surface area contributed by atoms with Crippen molar-refractivity contribution in [2.24, 2.45) is 0 Å². The van der Waals surface area contributed by atoms with Gasteiger partial charge in [0.15, 0.2) is 8.32 Å². The number of hydrogen-bond donors (Lipinski definition) is 0. The third-order valence-electron chi connectivity index (χ3n) is 3.60. The molecule has 0 bridgehead atoms. The van der Waals surface area contributed by atoms with E-state index in [-0.39, 0.29) is 0 Å². The van der Waals surface area contributed by atoms with Gasteiger partial charge in [-0.15, -0.1) is 0 Å². The zero-order chi connectivity index (χ0) is 11.7. The van der Waals surface area contributed by atoms with Crippen LogP contribution in [0.5, 0.6) is 0 Å². The summed E-state index contributed by atoms with van der Waals surface area (Å²) < 4.78 is 11.5. The molecule has 1 aliphatic rings. The fraction of sp³-hybridized carbons (Fsp3) is 1.00. The van der Waals surface area contributed by atoms with Crippen LogP contribution in [0.2, 0.25) is 18.1 Å². The minimum atomic E-state index is -1.56. The molecule has 0 aromatic rings. The Labute approximate surface area is 95.5 Å². The molecule has 3 heteroatoms. The Morgan fingerprint density at radius 2 is 1.93 bits per heavy atom. The van der Waals surface area contributed by atoms with E-state index in [0.717, 1.165) is 19.4 Å². The lowest BCUT2D eigenvalue weighted by Crippen LogP contribution is -2.43. The molecule has 0 aromatic carbocycles. The van der Waals surface area contributed by atoms with Gasteiger partial charge in [0.25, 0.3) is 0 Å². The number of epoxide rings is 1. The predicted molar refractivity (Wildman–Crippen MR) is 66.7 cm³/mol. The first-order valence-electron chi connectivity index (χ1n) is 6.02. The lowest BCUT2D eigenvalue weighted by atomic mass is 10.2. The van der Waals surface area contributed by atoms with Crippen molar-refractivity contribution in [3.63, 3.8) is 0 Å². The molecule has 1 saturated heterocycles. The van der Waals surface area contributed by atoms with Gasteiger partial charge in [0.05, 0.1) is 12.7 Å². The Morgan fingerprint density at radius 1 is 1.40 bits per heavy atom. The molecule has 1 fully saturated rings. The third kappa shape index (κ3) is 4.25. The maximum absolute atomic E-state index is 6.26. The molecule has 0 radical (unpaired) electrons. The van der Waals surface area contributed by atoms with Crippen LogP contribution < -0.4 is 0 Å². The summed E-state index contributed by atoms with van der Waals surface area (Å²) in [6.07, 6.45) is 3.22. The maximum atomic E-state index is 6.26. The van der Waals surface area contributed by atoms with E-state index in [4.69, 9.17) is 9.16 Å². The van der Waals surface area contributed by atoms with Crippen LogP contribution in [0.15, 0.2) is 0 Å². The van der Waals surface area contributed by atoms with E-state index in [9.17, 15) is 0 Å². The first kappa shape index (κ1) is 13.2. The Kier molecular flexibility index (Phi) is 4.01. The number of rotatable bonds is 5. The summed E-state index contributed by atoms with van der Waals surface area (Å²) in [5.74, 6) is 0. The second kappa shape index (κ2) is 4.56. The van der Waals surface area contributed by atoms with Crippen molar-refractivity contribution >= 4 is 8.32 Å². The Bertz CT molecular complexity index is 204. The first-order valence-corrected chi connectivity index (χ1v) is 8.92. The minimum absolute atomic E-state index is 0.317. The van der Waals surface area contributed by atoms with E-state index in [1.54, 1.807) is 0 Å². The van der Waals surface area contributed by atoms with Crippen LogP contribution in [0.4, 0.5) is 0 Å². The van der Waals surface area contributed by atoms with Crippen LogP contribution in [0, 0.1) is 0 Å². The van der Waals surface area contributed by atoms with Gasteiger partial charge in [-0.1, -0.05) is 20.8 Å². The van der Waals surface area contributed by atoms with Crippen molar-refractivity contribution in [3.05, 3.63) is 0 Å². The highest BCUT2D eigenvalue weighted by atomic mass is 28.4. The zero-order valence-corrected chi connectivity index (χ0v) is 12.1. The SMILES string of the molecule is C[C@@H](CC[C@@H]1CO1)O[Si](C)(C)C(C)(C)C. The highest BCUT2D eigenvalue weighted by Gasteiger charge is 2.38. The second-order valence-corrected chi connectivity index (χ2v) is 11.0. The Morgan fingerprint density at radius 3 is 2.33 bits per heavy atom. The molecule has 0 spiro atoms. The molecular formula is C12H26O2Si. The van der Waals surface area contributed by atoms with Crippen LogP contribution in [-0.4, -0.2) is 27.1 Å². The van der Waals surface area contributed by atoms with Crippen molar-refractivity contribution in [1.29, 1.82) is 0 Å². The fourth-order valence-corrected chi connectivity index (χ4v) is 2.87. The van der Waals surface area contributed by atoms with Gasteiger partial charge in [0, 0.05) is 6.10 Å². The molecule has 1 heterocycles. The Balaban J connectivity index is 2.31. The van der Waals surface area contributed by atoms with Crippen molar-refractivity contribution in [2.75, 3.05) is 6.61 Å². The van der Waals surface area contributed by atoms with Gasteiger partial charge >= 0.3 is 0 Å². The molecule has 0 aromatic heterocycles. The molecule has 90 valence electrons. The second-order valence-electron chi connectivity index (χ2n) is 6.22. The van der Waals surface area contributed by atoms with Crippen molar-refractivity contribution in [2.45, 2.75) is 70.9 Å². The third-order valence-corrected chi connectivity index (χ3v) is 8.20. The molecule has 0 N–H and O–H groups in total. The standard InChI is InChI=1S/C12H26O2Si/c1-10(7-8-11-9-13-11)14-15(5,6)12(2,3)4/h10-11H,7-9H2,1-6H3/t10-,11+/m0/s1.